The first-order chi connectivity index (χ1) is 19.7. The van der Waals surface area contributed by atoms with Gasteiger partial charge in [0.15, 0.2) is 18.1 Å². The highest BCUT2D eigenvalue weighted by molar-refractivity contribution is 6.39. The van der Waals surface area contributed by atoms with Crippen LogP contribution in [0.25, 0.3) is 6.08 Å². The van der Waals surface area contributed by atoms with Crippen molar-refractivity contribution in [1.82, 2.24) is 5.32 Å². The summed E-state index contributed by atoms with van der Waals surface area (Å²) in [6, 6.07) is 15.2. The van der Waals surface area contributed by atoms with Crippen molar-refractivity contribution >= 4 is 52.8 Å². The molecule has 0 radical (unpaired) electrons. The largest absolute Gasteiger partial charge is 0.495 e. The number of halogens is 1. The number of carbonyl (C=O) groups is 4. The first-order valence-corrected chi connectivity index (χ1v) is 12.7. The van der Waals surface area contributed by atoms with Crippen LogP contribution in [0.3, 0.4) is 0 Å². The third kappa shape index (κ3) is 6.59. The number of rotatable bonds is 10. The molecule has 0 atom stereocenters. The number of barbiturate groups is 1. The molecule has 4 rings (SSSR count). The van der Waals surface area contributed by atoms with Crippen LogP contribution in [-0.2, 0) is 14.4 Å². The van der Waals surface area contributed by atoms with Crippen LogP contribution in [0.2, 0.25) is 5.02 Å². The molecule has 212 valence electrons. The number of benzene rings is 3. The molecular formula is C29H26ClN3O8. The Morgan fingerprint density at radius 3 is 2.37 bits per heavy atom. The lowest BCUT2D eigenvalue weighted by molar-refractivity contribution is -0.122. The number of para-hydroxylation sites is 2. The fourth-order valence-corrected chi connectivity index (χ4v) is 4.23. The van der Waals surface area contributed by atoms with E-state index in [-0.39, 0.29) is 27.8 Å². The molecule has 1 aliphatic heterocycles. The highest BCUT2D eigenvalue weighted by Gasteiger charge is 2.37. The van der Waals surface area contributed by atoms with Crippen molar-refractivity contribution in [3.8, 4) is 23.0 Å². The van der Waals surface area contributed by atoms with E-state index < -0.39 is 30.4 Å². The SMILES string of the molecule is CCOc1ccc(N2C(=O)NC(=O)/C(=C\c3cc(Cl)c(OCC(=O)Nc4ccccc4OC)c(OC)c3)C2=O)cc1. The number of carbonyl (C=O) groups excluding carboxylic acids is 4. The molecule has 11 nitrogen and oxygen atoms in total. The summed E-state index contributed by atoms with van der Waals surface area (Å²) in [7, 11) is 2.86. The van der Waals surface area contributed by atoms with Gasteiger partial charge in [-0.25, -0.2) is 9.69 Å². The maximum Gasteiger partial charge on any atom is 0.335 e. The molecule has 2 N–H and O–H groups in total. The van der Waals surface area contributed by atoms with E-state index in [1.807, 2.05) is 6.92 Å². The quantitative estimate of drug-likeness (QED) is 0.266. The van der Waals surface area contributed by atoms with Crippen LogP contribution < -0.4 is 34.5 Å². The number of ether oxygens (including phenoxy) is 4. The van der Waals surface area contributed by atoms with Gasteiger partial charge in [-0.3, -0.25) is 19.7 Å². The predicted molar refractivity (Wildman–Crippen MR) is 152 cm³/mol. The molecule has 1 heterocycles. The molecule has 0 aliphatic carbocycles. The van der Waals surface area contributed by atoms with Crippen molar-refractivity contribution in [2.45, 2.75) is 6.92 Å². The Morgan fingerprint density at radius 1 is 0.976 bits per heavy atom. The topological polar surface area (TPSA) is 132 Å². The van der Waals surface area contributed by atoms with Crippen molar-refractivity contribution in [2.24, 2.45) is 0 Å². The second kappa shape index (κ2) is 12.9. The molecule has 0 unspecified atom stereocenters. The van der Waals surface area contributed by atoms with Gasteiger partial charge in [-0.1, -0.05) is 23.7 Å². The van der Waals surface area contributed by atoms with Gasteiger partial charge in [0.25, 0.3) is 17.7 Å². The van der Waals surface area contributed by atoms with Gasteiger partial charge in [-0.2, -0.15) is 0 Å². The van der Waals surface area contributed by atoms with Crippen molar-refractivity contribution in [2.75, 3.05) is 37.7 Å². The summed E-state index contributed by atoms with van der Waals surface area (Å²) in [6.45, 7) is 1.89. The molecule has 1 fully saturated rings. The van der Waals surface area contributed by atoms with E-state index in [2.05, 4.69) is 10.6 Å². The van der Waals surface area contributed by atoms with Crippen LogP contribution in [0.4, 0.5) is 16.2 Å². The number of hydrogen-bond acceptors (Lipinski definition) is 8. The Hall–Kier alpha value is -5.03. The Labute approximate surface area is 240 Å². The molecule has 41 heavy (non-hydrogen) atoms. The van der Waals surface area contributed by atoms with Crippen LogP contribution in [-0.4, -0.2) is 51.2 Å². The van der Waals surface area contributed by atoms with Crippen LogP contribution >= 0.6 is 11.6 Å². The third-order valence-electron chi connectivity index (χ3n) is 5.80. The number of nitrogens with one attached hydrogen (secondary N) is 2. The summed E-state index contributed by atoms with van der Waals surface area (Å²) in [6.07, 6.45) is 1.28. The first kappa shape index (κ1) is 29.0. The lowest BCUT2D eigenvalue weighted by atomic mass is 10.1. The standard InChI is InChI=1S/C29H26ClN3O8/c1-4-40-19-11-9-18(10-12-19)33-28(36)20(27(35)32-29(33)37)13-17-14-21(30)26(24(15-17)39-3)41-16-25(34)31-22-7-5-6-8-23(22)38-2/h5-15H,4,16H2,1-3H3,(H,31,34)(H,32,35,37)/b20-13+. The molecule has 3 aromatic rings. The van der Waals surface area contributed by atoms with E-state index in [9.17, 15) is 19.2 Å². The Bertz CT molecular complexity index is 1520. The second-order valence-corrected chi connectivity index (χ2v) is 8.86. The normalized spacial score (nSPS) is 14.0. The van der Waals surface area contributed by atoms with Crippen LogP contribution in [0.1, 0.15) is 12.5 Å². The number of nitrogens with zero attached hydrogens (tertiary/aromatic N) is 1. The molecule has 0 spiro atoms. The number of urea groups is 1. The van der Waals surface area contributed by atoms with Gasteiger partial charge in [0.05, 0.1) is 37.2 Å². The summed E-state index contributed by atoms with van der Waals surface area (Å²) < 4.78 is 21.6. The molecule has 12 heteroatoms. The second-order valence-electron chi connectivity index (χ2n) is 8.46. The smallest absolute Gasteiger partial charge is 0.335 e. The van der Waals surface area contributed by atoms with Crippen molar-refractivity contribution in [1.29, 1.82) is 0 Å². The van der Waals surface area contributed by atoms with Gasteiger partial charge in [-0.15, -0.1) is 0 Å². The zero-order valence-electron chi connectivity index (χ0n) is 22.4. The molecular weight excluding hydrogens is 554 g/mol. The third-order valence-corrected chi connectivity index (χ3v) is 6.08. The summed E-state index contributed by atoms with van der Waals surface area (Å²) in [5, 5.41) is 4.92. The van der Waals surface area contributed by atoms with E-state index in [0.717, 1.165) is 4.90 Å². The highest BCUT2D eigenvalue weighted by Crippen LogP contribution is 2.37. The van der Waals surface area contributed by atoms with Gasteiger partial charge in [-0.05, 0) is 67.1 Å². The van der Waals surface area contributed by atoms with Gasteiger partial charge in [0, 0.05) is 0 Å². The average Bonchev–Trinajstić information content (AvgIpc) is 2.95. The van der Waals surface area contributed by atoms with E-state index >= 15 is 0 Å². The summed E-state index contributed by atoms with van der Waals surface area (Å²) >= 11 is 6.44. The zero-order chi connectivity index (χ0) is 29.5. The number of methoxy groups -OCH3 is 2. The van der Waals surface area contributed by atoms with Crippen LogP contribution in [0.15, 0.2) is 66.2 Å². The maximum absolute atomic E-state index is 13.2. The van der Waals surface area contributed by atoms with Crippen molar-refractivity contribution in [3.05, 3.63) is 76.8 Å². The van der Waals surface area contributed by atoms with E-state index in [1.54, 1.807) is 36.4 Å². The van der Waals surface area contributed by atoms with Crippen LogP contribution in [0, 0.1) is 0 Å². The maximum atomic E-state index is 13.2. The van der Waals surface area contributed by atoms with Crippen molar-refractivity contribution in [3.63, 3.8) is 0 Å². The predicted octanol–water partition coefficient (Wildman–Crippen LogP) is 4.44. The zero-order valence-corrected chi connectivity index (χ0v) is 23.1. The van der Waals surface area contributed by atoms with Gasteiger partial charge in [0.2, 0.25) is 0 Å². The minimum Gasteiger partial charge on any atom is -0.495 e. The van der Waals surface area contributed by atoms with E-state index in [4.69, 9.17) is 30.5 Å². The molecule has 3 aromatic carbocycles. The van der Waals surface area contributed by atoms with E-state index in [1.165, 1.54) is 44.6 Å². The Morgan fingerprint density at radius 2 is 1.68 bits per heavy atom. The molecule has 0 bridgehead atoms. The van der Waals surface area contributed by atoms with Gasteiger partial charge < -0.3 is 24.3 Å². The number of imide groups is 2. The Balaban J connectivity index is 1.54. The minimum atomic E-state index is -0.882. The molecule has 0 saturated carbocycles. The first-order valence-electron chi connectivity index (χ1n) is 12.3. The average molecular weight is 580 g/mol. The monoisotopic (exact) mass is 579 g/mol. The molecule has 1 saturated heterocycles. The van der Waals surface area contributed by atoms with Crippen LogP contribution in [0.5, 0.6) is 23.0 Å². The molecule has 0 aromatic heterocycles. The lowest BCUT2D eigenvalue weighted by Gasteiger charge is -2.26. The summed E-state index contributed by atoms with van der Waals surface area (Å²) in [4.78, 5) is 51.7. The molecule has 1 aliphatic rings. The highest BCUT2D eigenvalue weighted by atomic mass is 35.5. The molecule has 5 amide bonds. The number of amides is 5. The summed E-state index contributed by atoms with van der Waals surface area (Å²) in [5.74, 6) is -0.888. The fourth-order valence-electron chi connectivity index (χ4n) is 3.95. The van der Waals surface area contributed by atoms with Crippen molar-refractivity contribution < 1.29 is 38.1 Å². The number of hydrogen-bond donors (Lipinski definition) is 2. The van der Waals surface area contributed by atoms with E-state index in [0.29, 0.717) is 29.4 Å². The van der Waals surface area contributed by atoms with Gasteiger partial charge >= 0.3 is 6.03 Å². The van der Waals surface area contributed by atoms with Gasteiger partial charge in [0.1, 0.15) is 17.1 Å². The fraction of sp³-hybridized carbons (Fsp3) is 0.172. The Kier molecular flexibility index (Phi) is 9.10. The lowest BCUT2D eigenvalue weighted by Crippen LogP contribution is -2.54. The summed E-state index contributed by atoms with van der Waals surface area (Å²) in [5.41, 5.74) is 0.732. The minimum absolute atomic E-state index is 0.0596. The number of anilines is 2.